The Balaban J connectivity index is 2.35. The molecule has 0 spiro atoms. The first-order valence-electron chi connectivity index (χ1n) is 8.46. The van der Waals surface area contributed by atoms with E-state index in [-0.39, 0.29) is 16.3 Å². The molecule has 1 aromatic carbocycles. The van der Waals surface area contributed by atoms with Gasteiger partial charge in [-0.1, -0.05) is 13.8 Å². The molecular formula is C17H26N2O5S2. The number of carbonyl (C=O) groups excluding carboxylic acids is 1. The topological polar surface area (TPSA) is 101 Å². The molecule has 1 aliphatic heterocycles. The zero-order valence-electron chi connectivity index (χ0n) is 15.7. The molecule has 9 heteroatoms. The van der Waals surface area contributed by atoms with Gasteiger partial charge in [-0.15, -0.1) is 0 Å². The number of benzene rings is 1. The van der Waals surface area contributed by atoms with E-state index in [0.717, 1.165) is 4.31 Å². The van der Waals surface area contributed by atoms with Crippen molar-refractivity contribution >= 4 is 31.6 Å². The Kier molecular flexibility index (Phi) is 5.56. The van der Waals surface area contributed by atoms with E-state index < -0.39 is 31.4 Å². The molecule has 146 valence electrons. The first kappa shape index (κ1) is 20.9. The molecule has 0 saturated carbocycles. The van der Waals surface area contributed by atoms with Crippen LogP contribution in [0, 0.1) is 18.3 Å². The van der Waals surface area contributed by atoms with E-state index in [9.17, 15) is 21.6 Å². The summed E-state index contributed by atoms with van der Waals surface area (Å²) in [5, 5.41) is 0. The molecule has 1 N–H and O–H groups in total. The van der Waals surface area contributed by atoms with Crippen LogP contribution in [0.15, 0.2) is 23.1 Å². The number of hydrogen-bond acceptors (Lipinski definition) is 5. The second-order valence-electron chi connectivity index (χ2n) is 7.74. The molecule has 1 heterocycles. The second-order valence-corrected chi connectivity index (χ2v) is 11.3. The van der Waals surface area contributed by atoms with E-state index in [0.29, 0.717) is 24.4 Å². The third-order valence-electron chi connectivity index (χ3n) is 4.28. The molecule has 1 saturated heterocycles. The summed E-state index contributed by atoms with van der Waals surface area (Å²) in [5.74, 6) is -0.409. The molecule has 0 bridgehead atoms. The van der Waals surface area contributed by atoms with Crippen molar-refractivity contribution in [2.75, 3.05) is 16.6 Å². The van der Waals surface area contributed by atoms with Gasteiger partial charge < -0.3 is 0 Å². The standard InChI is InChI=1S/C17H26N2O5S2/c1-12(2)8-9-18-26(23,24)15-7-6-14(10-13(15)3)19-16(20)17(4,5)11-25(19,21)22/h6-7,10,12,18H,8-9,11H2,1-5H3. The van der Waals surface area contributed by atoms with Gasteiger partial charge in [-0.2, -0.15) is 0 Å². The van der Waals surface area contributed by atoms with Crippen molar-refractivity contribution in [2.45, 2.75) is 45.9 Å². The van der Waals surface area contributed by atoms with E-state index in [2.05, 4.69) is 4.72 Å². The average molecular weight is 403 g/mol. The molecule has 1 fully saturated rings. The molecule has 0 radical (unpaired) electrons. The van der Waals surface area contributed by atoms with Gasteiger partial charge in [0.05, 0.1) is 21.8 Å². The van der Waals surface area contributed by atoms with Crippen LogP contribution in [-0.4, -0.2) is 35.0 Å². The van der Waals surface area contributed by atoms with Crippen molar-refractivity contribution in [1.82, 2.24) is 4.72 Å². The van der Waals surface area contributed by atoms with Gasteiger partial charge >= 0.3 is 0 Å². The lowest BCUT2D eigenvalue weighted by Crippen LogP contribution is -2.33. The van der Waals surface area contributed by atoms with E-state index in [1.807, 2.05) is 13.8 Å². The molecule has 2 rings (SSSR count). The summed E-state index contributed by atoms with van der Waals surface area (Å²) >= 11 is 0. The predicted molar refractivity (Wildman–Crippen MR) is 101 cm³/mol. The van der Waals surface area contributed by atoms with Gasteiger partial charge in [0.15, 0.2) is 0 Å². The zero-order valence-corrected chi connectivity index (χ0v) is 17.4. The number of anilines is 1. The van der Waals surface area contributed by atoms with E-state index in [1.165, 1.54) is 18.2 Å². The second kappa shape index (κ2) is 6.94. The Labute approximate surface area is 155 Å². The largest absolute Gasteiger partial charge is 0.273 e. The van der Waals surface area contributed by atoms with Crippen molar-refractivity contribution in [3.63, 3.8) is 0 Å². The third kappa shape index (κ3) is 4.10. The third-order valence-corrected chi connectivity index (χ3v) is 7.92. The SMILES string of the molecule is Cc1cc(N2C(=O)C(C)(C)CS2(=O)=O)ccc1S(=O)(=O)NCCC(C)C. The highest BCUT2D eigenvalue weighted by Gasteiger charge is 2.50. The first-order valence-corrected chi connectivity index (χ1v) is 11.5. The molecule has 7 nitrogen and oxygen atoms in total. The van der Waals surface area contributed by atoms with Gasteiger partial charge in [-0.25, -0.2) is 25.9 Å². The van der Waals surface area contributed by atoms with E-state index in [4.69, 9.17) is 0 Å². The summed E-state index contributed by atoms with van der Waals surface area (Å²) in [6.07, 6.45) is 0.714. The van der Waals surface area contributed by atoms with Crippen LogP contribution in [0.2, 0.25) is 0 Å². The van der Waals surface area contributed by atoms with Crippen LogP contribution in [-0.2, 0) is 24.8 Å². The smallest absolute Gasteiger partial charge is 0.247 e. The maximum Gasteiger partial charge on any atom is 0.247 e. The lowest BCUT2D eigenvalue weighted by atomic mass is 9.95. The maximum absolute atomic E-state index is 12.5. The summed E-state index contributed by atoms with van der Waals surface area (Å²) in [6, 6.07) is 4.13. The van der Waals surface area contributed by atoms with Gasteiger partial charge in [-0.3, -0.25) is 4.79 Å². The van der Waals surface area contributed by atoms with Crippen LogP contribution in [0.3, 0.4) is 0 Å². The molecule has 0 aromatic heterocycles. The summed E-state index contributed by atoms with van der Waals surface area (Å²) in [5.41, 5.74) is -0.456. The number of nitrogens with one attached hydrogen (secondary N) is 1. The summed E-state index contributed by atoms with van der Waals surface area (Å²) in [4.78, 5) is 12.5. The first-order chi connectivity index (χ1) is 11.8. The Morgan fingerprint density at radius 1 is 1.27 bits per heavy atom. The van der Waals surface area contributed by atoms with Gasteiger partial charge in [0.2, 0.25) is 26.0 Å². The van der Waals surface area contributed by atoms with Crippen molar-refractivity contribution in [3.8, 4) is 0 Å². The Hall–Kier alpha value is -1.45. The lowest BCUT2D eigenvalue weighted by molar-refractivity contribution is -0.123. The molecule has 1 aliphatic rings. The number of aryl methyl sites for hydroxylation is 1. The van der Waals surface area contributed by atoms with Gasteiger partial charge in [-0.05, 0) is 56.9 Å². The molecule has 0 unspecified atom stereocenters. The van der Waals surface area contributed by atoms with Crippen LogP contribution in [0.1, 0.15) is 39.7 Å². The van der Waals surface area contributed by atoms with E-state index in [1.54, 1.807) is 20.8 Å². The Bertz CT molecular complexity index is 918. The molecule has 1 amide bonds. The summed E-state index contributed by atoms with van der Waals surface area (Å²) < 4.78 is 53.0. The summed E-state index contributed by atoms with van der Waals surface area (Å²) in [7, 11) is -7.46. The van der Waals surface area contributed by atoms with Crippen LogP contribution in [0.25, 0.3) is 0 Å². The van der Waals surface area contributed by atoms with Gasteiger partial charge in [0, 0.05) is 6.54 Å². The highest BCUT2D eigenvalue weighted by Crippen LogP contribution is 2.36. The number of carbonyl (C=O) groups is 1. The number of rotatable bonds is 6. The molecular weight excluding hydrogens is 376 g/mol. The minimum atomic E-state index is -3.77. The van der Waals surface area contributed by atoms with Crippen molar-refractivity contribution < 1.29 is 21.6 Å². The van der Waals surface area contributed by atoms with Crippen LogP contribution < -0.4 is 9.03 Å². The molecule has 0 atom stereocenters. The fourth-order valence-corrected chi connectivity index (χ4v) is 6.25. The average Bonchev–Trinajstić information content (AvgIpc) is 2.61. The quantitative estimate of drug-likeness (QED) is 0.784. The molecule has 0 aliphatic carbocycles. The summed E-state index contributed by atoms with van der Waals surface area (Å²) in [6.45, 7) is 9.08. The Morgan fingerprint density at radius 3 is 2.35 bits per heavy atom. The zero-order chi connectivity index (χ0) is 19.9. The van der Waals surface area contributed by atoms with E-state index >= 15 is 0 Å². The number of sulfonamides is 2. The minimum absolute atomic E-state index is 0.0771. The van der Waals surface area contributed by atoms with Gasteiger partial charge in [0.25, 0.3) is 0 Å². The monoisotopic (exact) mass is 402 g/mol. The highest BCUT2D eigenvalue weighted by molar-refractivity contribution is 7.94. The van der Waals surface area contributed by atoms with Crippen molar-refractivity contribution in [2.24, 2.45) is 11.3 Å². The predicted octanol–water partition coefficient (Wildman–Crippen LogP) is 2.02. The number of hydrogen-bond donors (Lipinski definition) is 1. The van der Waals surface area contributed by atoms with Crippen LogP contribution in [0.4, 0.5) is 5.69 Å². The minimum Gasteiger partial charge on any atom is -0.273 e. The number of amides is 1. The van der Waals surface area contributed by atoms with Crippen LogP contribution >= 0.6 is 0 Å². The van der Waals surface area contributed by atoms with Crippen molar-refractivity contribution in [3.05, 3.63) is 23.8 Å². The highest BCUT2D eigenvalue weighted by atomic mass is 32.2. The molecule has 1 aromatic rings. The fourth-order valence-electron chi connectivity index (χ4n) is 2.88. The maximum atomic E-state index is 12.5. The van der Waals surface area contributed by atoms with Gasteiger partial charge in [0.1, 0.15) is 0 Å². The fraction of sp³-hybridized carbons (Fsp3) is 0.588. The normalized spacial score (nSPS) is 19.3. The lowest BCUT2D eigenvalue weighted by Gasteiger charge is -2.19. The molecule has 26 heavy (non-hydrogen) atoms. The van der Waals surface area contributed by atoms with Crippen molar-refractivity contribution in [1.29, 1.82) is 0 Å². The Morgan fingerprint density at radius 2 is 1.88 bits per heavy atom. The van der Waals surface area contributed by atoms with Crippen LogP contribution in [0.5, 0.6) is 0 Å². The number of nitrogens with zero attached hydrogens (tertiary/aromatic N) is 1.